The summed E-state index contributed by atoms with van der Waals surface area (Å²) in [6.07, 6.45) is 5.96. The first-order chi connectivity index (χ1) is 1.41. The Labute approximate surface area is 38.5 Å². The molecule has 0 aliphatic carbocycles. The number of hydrogen-bond donors (Lipinski definition) is 0. The maximum absolute atomic E-state index is 5.96. The van der Waals surface area contributed by atoms with E-state index in [9.17, 15) is 0 Å². The van der Waals surface area contributed by atoms with Crippen molar-refractivity contribution in [2.75, 3.05) is 0 Å². The molecule has 0 fully saturated rings. The predicted octanol–water partition coefficient (Wildman–Crippen LogP) is 0.594. The van der Waals surface area contributed by atoms with E-state index in [-0.39, 0.29) is 18.6 Å². The van der Waals surface area contributed by atoms with Crippen molar-refractivity contribution in [2.24, 2.45) is 0 Å². The van der Waals surface area contributed by atoms with Crippen molar-refractivity contribution in [3.8, 4) is 5.92 Å². The summed E-state index contributed by atoms with van der Waals surface area (Å²) < 4.78 is 0. The van der Waals surface area contributed by atoms with Gasteiger partial charge in [0.05, 0.1) is 0 Å². The van der Waals surface area contributed by atoms with Gasteiger partial charge >= 0.3 is 0 Å². The molecule has 1 radical (unpaired) electrons. The van der Waals surface area contributed by atoms with Crippen LogP contribution in [0.3, 0.4) is 0 Å². The summed E-state index contributed by atoms with van der Waals surface area (Å²) in [5, 5.41) is 0. The third kappa shape index (κ3) is 135. The number of hydrogen-bond acceptors (Lipinski definition) is 0. The van der Waals surface area contributed by atoms with Crippen LogP contribution in [-0.2, 0) is 18.6 Å². The third-order valence-electron chi connectivity index (χ3n) is 0. The molecule has 0 saturated heterocycles. The fraction of sp³-hybridized carbons (Fsp3) is 0.333. The first-order valence-electron chi connectivity index (χ1n) is 0.750. The maximum Gasteiger partial charge on any atom is 0 e. The summed E-state index contributed by atoms with van der Waals surface area (Å²) in [7, 11) is 0. The van der Waals surface area contributed by atoms with E-state index in [0.717, 1.165) is 0 Å². The minimum Gasteiger partial charge on any atom is -0.694 e. The molecule has 0 aliphatic rings. The molecular formula is C3H3V-. The minimum atomic E-state index is 0. The Morgan fingerprint density at radius 1 is 1.75 bits per heavy atom. The van der Waals surface area contributed by atoms with E-state index in [1.54, 1.807) is 6.92 Å². The van der Waals surface area contributed by atoms with Gasteiger partial charge in [-0.2, -0.15) is 0 Å². The van der Waals surface area contributed by atoms with Crippen molar-refractivity contribution in [3.05, 3.63) is 6.42 Å². The van der Waals surface area contributed by atoms with E-state index in [2.05, 4.69) is 0 Å². The second-order valence-corrected chi connectivity index (χ2v) is 0.250. The fourth-order valence-corrected chi connectivity index (χ4v) is 0. The number of rotatable bonds is 0. The smallest absolute Gasteiger partial charge is 0 e. The summed E-state index contributed by atoms with van der Waals surface area (Å²) >= 11 is 0. The van der Waals surface area contributed by atoms with Gasteiger partial charge in [0.1, 0.15) is 0 Å². The topological polar surface area (TPSA) is 0 Å². The maximum atomic E-state index is 5.96. The second kappa shape index (κ2) is 11.0. The largest absolute Gasteiger partial charge is 0.694 e. The van der Waals surface area contributed by atoms with E-state index in [1.165, 1.54) is 0 Å². The summed E-state index contributed by atoms with van der Waals surface area (Å²) in [5.74, 6) is 2.00. The molecule has 0 atom stereocenters. The molecule has 0 spiro atoms. The minimum absolute atomic E-state index is 0. The van der Waals surface area contributed by atoms with E-state index < -0.39 is 0 Å². The zero-order valence-corrected chi connectivity index (χ0v) is 3.84. The molecule has 0 aromatic carbocycles. The average Bonchev–Trinajstić information content (AvgIpc) is 0.918. The van der Waals surface area contributed by atoms with Crippen LogP contribution >= 0.6 is 0 Å². The van der Waals surface area contributed by atoms with Crippen molar-refractivity contribution in [2.45, 2.75) is 6.92 Å². The van der Waals surface area contributed by atoms with Crippen LogP contribution in [0.4, 0.5) is 0 Å². The first kappa shape index (κ1) is 8.91. The van der Waals surface area contributed by atoms with Crippen molar-refractivity contribution in [3.63, 3.8) is 0 Å². The van der Waals surface area contributed by atoms with Crippen LogP contribution in [0, 0.1) is 12.3 Å². The molecule has 4 heavy (non-hydrogen) atoms. The van der Waals surface area contributed by atoms with E-state index in [4.69, 9.17) is 6.42 Å². The Balaban J connectivity index is 0. The zero-order valence-electron chi connectivity index (χ0n) is 2.45. The van der Waals surface area contributed by atoms with Gasteiger partial charge in [0.25, 0.3) is 0 Å². The second-order valence-electron chi connectivity index (χ2n) is 0.250. The molecule has 0 nitrogen and oxygen atoms in total. The van der Waals surface area contributed by atoms with Crippen LogP contribution in [0.15, 0.2) is 0 Å². The molecule has 0 saturated carbocycles. The summed E-state index contributed by atoms with van der Waals surface area (Å²) in [6, 6.07) is 0. The van der Waals surface area contributed by atoms with Gasteiger partial charge < -0.3 is 12.3 Å². The normalized spacial score (nSPS) is 2.00. The van der Waals surface area contributed by atoms with Crippen LogP contribution in [-0.4, -0.2) is 0 Å². The summed E-state index contributed by atoms with van der Waals surface area (Å²) in [6.45, 7) is 1.54. The van der Waals surface area contributed by atoms with Gasteiger partial charge in [0.15, 0.2) is 0 Å². The van der Waals surface area contributed by atoms with E-state index in [0.29, 0.717) is 0 Å². The predicted molar refractivity (Wildman–Crippen MR) is 12.8 cm³/mol. The molecular weight excluding hydrogens is 87.0 g/mol. The summed E-state index contributed by atoms with van der Waals surface area (Å²) in [5.41, 5.74) is 0. The standard InChI is InChI=1S/C3H3.V/c1-3-2;/h1H3;/q-1;. The van der Waals surface area contributed by atoms with Crippen molar-refractivity contribution in [1.29, 1.82) is 0 Å². The average molecular weight is 90.0 g/mol. The Morgan fingerprint density at radius 3 is 1.75 bits per heavy atom. The van der Waals surface area contributed by atoms with Gasteiger partial charge in [0.2, 0.25) is 0 Å². The Kier molecular flexibility index (Phi) is 24.6. The van der Waals surface area contributed by atoms with Gasteiger partial charge in [-0.25, -0.2) is 0 Å². The molecule has 0 heterocycles. The molecule has 21 valence electrons. The van der Waals surface area contributed by atoms with Crippen LogP contribution in [0.1, 0.15) is 6.92 Å². The first-order valence-corrected chi connectivity index (χ1v) is 0.750. The Morgan fingerprint density at radius 2 is 1.75 bits per heavy atom. The fourth-order valence-electron chi connectivity index (χ4n) is 0. The van der Waals surface area contributed by atoms with Crippen molar-refractivity contribution < 1.29 is 18.6 Å². The SMILES string of the molecule is [C-]#CC.[V]. The third-order valence-corrected chi connectivity index (χ3v) is 0. The molecule has 0 N–H and O–H groups in total. The van der Waals surface area contributed by atoms with Crippen LogP contribution < -0.4 is 0 Å². The van der Waals surface area contributed by atoms with Gasteiger partial charge in [-0.1, -0.05) is 0 Å². The van der Waals surface area contributed by atoms with Crippen LogP contribution in [0.25, 0.3) is 0 Å². The van der Waals surface area contributed by atoms with Crippen molar-refractivity contribution >= 4 is 0 Å². The molecule has 0 amide bonds. The van der Waals surface area contributed by atoms with E-state index in [1.807, 2.05) is 5.92 Å². The quantitative estimate of drug-likeness (QED) is 0.301. The van der Waals surface area contributed by atoms with Crippen molar-refractivity contribution in [1.82, 2.24) is 0 Å². The van der Waals surface area contributed by atoms with Crippen LogP contribution in [0.2, 0.25) is 0 Å². The van der Waals surface area contributed by atoms with Gasteiger partial charge in [-0.15, -0.1) is 0 Å². The van der Waals surface area contributed by atoms with Gasteiger partial charge in [-0.05, 0) is 6.92 Å². The van der Waals surface area contributed by atoms with E-state index >= 15 is 0 Å². The van der Waals surface area contributed by atoms with Gasteiger partial charge in [-0.3, -0.25) is 0 Å². The Hall–Kier alpha value is 0.144. The molecule has 1 heteroatoms. The monoisotopic (exact) mass is 90.0 g/mol. The molecule has 0 unspecified atom stereocenters. The summed E-state index contributed by atoms with van der Waals surface area (Å²) in [4.78, 5) is 0. The molecule has 0 aromatic rings. The molecule has 0 rings (SSSR count). The Bertz CT molecular complexity index is 24.8. The van der Waals surface area contributed by atoms with Crippen LogP contribution in [0.5, 0.6) is 0 Å². The molecule has 0 bridgehead atoms. The molecule has 0 aromatic heterocycles. The molecule has 0 aliphatic heterocycles. The van der Waals surface area contributed by atoms with Gasteiger partial charge in [0, 0.05) is 18.6 Å². The zero-order chi connectivity index (χ0) is 2.71.